The fraction of sp³-hybridized carbons (Fsp3) is 1.00. The summed E-state index contributed by atoms with van der Waals surface area (Å²) in [6.07, 6.45) is 2.67. The quantitative estimate of drug-likeness (QED) is 0.790. The molecule has 0 amide bonds. The number of piperidine rings is 1. The fourth-order valence-corrected chi connectivity index (χ4v) is 3.56. The second kappa shape index (κ2) is 3.96. The Morgan fingerprint density at radius 1 is 1.06 bits per heavy atom. The first-order chi connectivity index (χ1) is 7.69. The van der Waals surface area contributed by atoms with Gasteiger partial charge in [-0.1, -0.05) is 41.5 Å². The maximum absolute atomic E-state index is 3.80. The van der Waals surface area contributed by atoms with Crippen molar-refractivity contribution >= 4 is 0 Å². The van der Waals surface area contributed by atoms with E-state index >= 15 is 0 Å². The van der Waals surface area contributed by atoms with Gasteiger partial charge >= 0.3 is 0 Å². The summed E-state index contributed by atoms with van der Waals surface area (Å²) in [5.74, 6) is 0. The van der Waals surface area contributed by atoms with E-state index in [0.29, 0.717) is 28.3 Å². The Balaban J connectivity index is 1.87. The largest absolute Gasteiger partial charge is 0.312 e. The molecule has 1 unspecified atom stereocenters. The third kappa shape index (κ3) is 2.15. The van der Waals surface area contributed by atoms with Crippen molar-refractivity contribution in [3.05, 3.63) is 0 Å². The second-order valence-electron chi connectivity index (χ2n) is 7.88. The van der Waals surface area contributed by atoms with Crippen LogP contribution in [0.2, 0.25) is 0 Å². The van der Waals surface area contributed by atoms with Crippen molar-refractivity contribution < 1.29 is 0 Å². The SMILES string of the molecule is CC1(C)CCCNC1CNC1C(C)(C)C1(C)C. The van der Waals surface area contributed by atoms with Crippen molar-refractivity contribution in [2.75, 3.05) is 13.1 Å². The van der Waals surface area contributed by atoms with Crippen molar-refractivity contribution in [1.82, 2.24) is 10.6 Å². The van der Waals surface area contributed by atoms with Gasteiger partial charge in [-0.3, -0.25) is 0 Å². The predicted molar refractivity (Wildman–Crippen MR) is 74.2 cm³/mol. The van der Waals surface area contributed by atoms with Crippen molar-refractivity contribution in [3.63, 3.8) is 0 Å². The molecular weight excluding hydrogens is 208 g/mol. The third-order valence-electron chi connectivity index (χ3n) is 5.88. The van der Waals surface area contributed by atoms with E-state index in [9.17, 15) is 0 Å². The molecule has 1 heterocycles. The molecule has 2 nitrogen and oxygen atoms in total. The van der Waals surface area contributed by atoms with Gasteiger partial charge in [-0.05, 0) is 35.6 Å². The zero-order valence-electron chi connectivity index (χ0n) is 12.5. The van der Waals surface area contributed by atoms with E-state index in [4.69, 9.17) is 0 Å². The predicted octanol–water partition coefficient (Wildman–Crippen LogP) is 2.79. The number of hydrogen-bond donors (Lipinski definition) is 2. The molecule has 1 aliphatic heterocycles. The van der Waals surface area contributed by atoms with E-state index in [-0.39, 0.29) is 0 Å². The molecule has 1 saturated heterocycles. The summed E-state index contributed by atoms with van der Waals surface area (Å²) >= 11 is 0. The van der Waals surface area contributed by atoms with Gasteiger partial charge in [0.25, 0.3) is 0 Å². The minimum Gasteiger partial charge on any atom is -0.312 e. The van der Waals surface area contributed by atoms with Crippen LogP contribution in [0.15, 0.2) is 0 Å². The highest BCUT2D eigenvalue weighted by Gasteiger charge is 2.64. The Morgan fingerprint density at radius 3 is 2.12 bits per heavy atom. The molecule has 1 saturated carbocycles. The standard InChI is InChI=1S/C15H30N2/c1-13(2)8-7-9-16-11(13)10-17-12-14(3,4)15(12,5)6/h11-12,16-17H,7-10H2,1-6H3. The van der Waals surface area contributed by atoms with Crippen molar-refractivity contribution in [3.8, 4) is 0 Å². The van der Waals surface area contributed by atoms with Crippen LogP contribution in [0.5, 0.6) is 0 Å². The first-order valence-electron chi connectivity index (χ1n) is 7.16. The summed E-state index contributed by atoms with van der Waals surface area (Å²) in [5, 5.41) is 7.48. The highest BCUT2D eigenvalue weighted by Crippen LogP contribution is 2.62. The van der Waals surface area contributed by atoms with E-state index in [0.717, 1.165) is 6.54 Å². The van der Waals surface area contributed by atoms with Crippen LogP contribution in [0.3, 0.4) is 0 Å². The Hall–Kier alpha value is -0.0800. The summed E-state index contributed by atoms with van der Waals surface area (Å²) < 4.78 is 0. The molecule has 2 aliphatic rings. The summed E-state index contributed by atoms with van der Waals surface area (Å²) in [6, 6.07) is 1.30. The molecule has 0 radical (unpaired) electrons. The lowest BCUT2D eigenvalue weighted by atomic mass is 9.77. The van der Waals surface area contributed by atoms with Crippen LogP contribution in [-0.4, -0.2) is 25.2 Å². The highest BCUT2D eigenvalue weighted by molar-refractivity contribution is 5.18. The Bertz CT molecular complexity index is 277. The molecule has 0 aromatic carbocycles. The van der Waals surface area contributed by atoms with Gasteiger partial charge < -0.3 is 10.6 Å². The van der Waals surface area contributed by atoms with Crippen LogP contribution in [0.1, 0.15) is 54.4 Å². The van der Waals surface area contributed by atoms with Crippen LogP contribution < -0.4 is 10.6 Å². The lowest BCUT2D eigenvalue weighted by molar-refractivity contribution is 0.174. The van der Waals surface area contributed by atoms with E-state index in [1.807, 2.05) is 0 Å². The van der Waals surface area contributed by atoms with E-state index in [1.165, 1.54) is 19.4 Å². The topological polar surface area (TPSA) is 24.1 Å². The lowest BCUT2D eigenvalue weighted by Crippen LogP contribution is -2.52. The highest BCUT2D eigenvalue weighted by atomic mass is 15.1. The molecule has 1 aliphatic carbocycles. The average molecular weight is 238 g/mol. The summed E-state index contributed by atoms with van der Waals surface area (Å²) in [4.78, 5) is 0. The monoisotopic (exact) mass is 238 g/mol. The van der Waals surface area contributed by atoms with Crippen molar-refractivity contribution in [1.29, 1.82) is 0 Å². The smallest absolute Gasteiger partial charge is 0.0243 e. The van der Waals surface area contributed by atoms with Crippen LogP contribution in [0.4, 0.5) is 0 Å². The number of nitrogens with one attached hydrogen (secondary N) is 2. The molecule has 1 atom stereocenters. The molecule has 100 valence electrons. The van der Waals surface area contributed by atoms with Crippen molar-refractivity contribution in [2.24, 2.45) is 16.2 Å². The zero-order chi connectivity index (χ0) is 12.9. The first kappa shape index (κ1) is 13.4. The fourth-order valence-electron chi connectivity index (χ4n) is 3.56. The lowest BCUT2D eigenvalue weighted by Gasteiger charge is -2.39. The molecule has 2 fully saturated rings. The van der Waals surface area contributed by atoms with Gasteiger partial charge in [0.05, 0.1) is 0 Å². The number of rotatable bonds is 3. The van der Waals surface area contributed by atoms with E-state index in [1.54, 1.807) is 0 Å². The number of hydrogen-bond acceptors (Lipinski definition) is 2. The molecule has 0 spiro atoms. The maximum atomic E-state index is 3.80. The molecule has 0 aromatic heterocycles. The Morgan fingerprint density at radius 2 is 1.65 bits per heavy atom. The molecule has 2 heteroatoms. The molecule has 17 heavy (non-hydrogen) atoms. The first-order valence-corrected chi connectivity index (χ1v) is 7.16. The van der Waals surface area contributed by atoms with Gasteiger partial charge in [0.15, 0.2) is 0 Å². The van der Waals surface area contributed by atoms with Gasteiger partial charge in [0.2, 0.25) is 0 Å². The van der Waals surface area contributed by atoms with Gasteiger partial charge in [0.1, 0.15) is 0 Å². The normalized spacial score (nSPS) is 34.6. The Labute approximate surface area is 107 Å². The minimum absolute atomic E-state index is 0.439. The molecule has 0 bridgehead atoms. The summed E-state index contributed by atoms with van der Waals surface area (Å²) in [6.45, 7) is 16.6. The van der Waals surface area contributed by atoms with Crippen molar-refractivity contribution in [2.45, 2.75) is 66.5 Å². The van der Waals surface area contributed by atoms with E-state index in [2.05, 4.69) is 52.2 Å². The molecule has 2 rings (SSSR count). The van der Waals surface area contributed by atoms with Gasteiger partial charge in [-0.2, -0.15) is 0 Å². The van der Waals surface area contributed by atoms with Crippen LogP contribution in [0, 0.1) is 16.2 Å². The zero-order valence-corrected chi connectivity index (χ0v) is 12.5. The molecule has 0 aromatic rings. The third-order valence-corrected chi connectivity index (χ3v) is 5.88. The van der Waals surface area contributed by atoms with Gasteiger partial charge in [-0.15, -0.1) is 0 Å². The molecular formula is C15H30N2. The van der Waals surface area contributed by atoms with Gasteiger partial charge in [-0.25, -0.2) is 0 Å². The Kier molecular flexibility index (Phi) is 3.11. The van der Waals surface area contributed by atoms with Crippen LogP contribution in [0.25, 0.3) is 0 Å². The summed E-state index contributed by atoms with van der Waals surface area (Å²) in [7, 11) is 0. The molecule has 2 N–H and O–H groups in total. The average Bonchev–Trinajstić information content (AvgIpc) is 2.57. The van der Waals surface area contributed by atoms with Crippen LogP contribution in [-0.2, 0) is 0 Å². The second-order valence-corrected chi connectivity index (χ2v) is 7.88. The van der Waals surface area contributed by atoms with E-state index < -0.39 is 0 Å². The minimum atomic E-state index is 0.439. The summed E-state index contributed by atoms with van der Waals surface area (Å²) in [5.41, 5.74) is 1.34. The maximum Gasteiger partial charge on any atom is 0.0243 e. The van der Waals surface area contributed by atoms with Crippen LogP contribution >= 0.6 is 0 Å². The van der Waals surface area contributed by atoms with Gasteiger partial charge in [0, 0.05) is 18.6 Å².